The number of aliphatic hydroxyl groups is 1. The molecular formula is C15H20N2O6S. The van der Waals surface area contributed by atoms with Crippen molar-refractivity contribution < 1.29 is 27.9 Å². The zero-order valence-corrected chi connectivity index (χ0v) is 14.2. The number of esters is 1. The molecule has 2 N–H and O–H groups in total. The first-order valence-electron chi connectivity index (χ1n) is 7.45. The van der Waals surface area contributed by atoms with Crippen LogP contribution in [-0.2, 0) is 24.3 Å². The molecule has 1 fully saturated rings. The Balaban J connectivity index is 2.20. The van der Waals surface area contributed by atoms with Crippen LogP contribution in [0.15, 0.2) is 29.2 Å². The lowest BCUT2D eigenvalue weighted by Gasteiger charge is -2.19. The highest BCUT2D eigenvalue weighted by Crippen LogP contribution is 2.23. The Hall–Kier alpha value is -1.97. The Kier molecular flexibility index (Phi) is 5.58. The molecule has 24 heavy (non-hydrogen) atoms. The van der Waals surface area contributed by atoms with Crippen molar-refractivity contribution in [2.24, 2.45) is 0 Å². The first kappa shape index (κ1) is 18.4. The number of rotatable bonds is 6. The number of benzene rings is 1. The average Bonchev–Trinajstić information content (AvgIpc) is 2.98. The topological polar surface area (TPSA) is 113 Å². The lowest BCUT2D eigenvalue weighted by atomic mass is 10.2. The third-order valence-corrected chi connectivity index (χ3v) is 5.21. The number of hydrogen-bond donors (Lipinski definition) is 2. The van der Waals surface area contributed by atoms with Crippen molar-refractivity contribution >= 4 is 27.6 Å². The van der Waals surface area contributed by atoms with E-state index in [1.165, 1.54) is 31.2 Å². The molecule has 0 aliphatic carbocycles. The highest BCUT2D eigenvalue weighted by molar-refractivity contribution is 7.89. The molecule has 1 saturated heterocycles. The molecule has 2 atom stereocenters. The maximum Gasteiger partial charge on any atom is 0.326 e. The molecule has 1 amide bonds. The number of ether oxygens (including phenoxy) is 1. The lowest BCUT2D eigenvalue weighted by Crippen LogP contribution is -2.48. The van der Waals surface area contributed by atoms with Crippen LogP contribution in [0.5, 0.6) is 0 Å². The Labute approximate surface area is 140 Å². The Bertz CT molecular complexity index is 714. The molecule has 1 aromatic carbocycles. The van der Waals surface area contributed by atoms with E-state index in [1.807, 2.05) is 0 Å². The number of nitrogens with zero attached hydrogens (tertiary/aromatic N) is 1. The van der Waals surface area contributed by atoms with Gasteiger partial charge in [-0.15, -0.1) is 0 Å². The third-order valence-electron chi connectivity index (χ3n) is 3.75. The van der Waals surface area contributed by atoms with Gasteiger partial charge in [-0.1, -0.05) is 0 Å². The van der Waals surface area contributed by atoms with E-state index in [9.17, 15) is 23.1 Å². The maximum absolute atomic E-state index is 12.4. The van der Waals surface area contributed by atoms with Crippen molar-refractivity contribution in [3.63, 3.8) is 0 Å². The van der Waals surface area contributed by atoms with Gasteiger partial charge in [0.1, 0.15) is 6.04 Å². The van der Waals surface area contributed by atoms with E-state index in [0.29, 0.717) is 18.7 Å². The smallest absolute Gasteiger partial charge is 0.326 e. The minimum atomic E-state index is -4.03. The number of anilines is 1. The van der Waals surface area contributed by atoms with Crippen molar-refractivity contribution in [1.82, 2.24) is 4.72 Å². The molecule has 0 radical (unpaired) electrons. The van der Waals surface area contributed by atoms with E-state index in [1.54, 1.807) is 4.90 Å². The lowest BCUT2D eigenvalue weighted by molar-refractivity contribution is -0.145. The number of amides is 1. The molecule has 0 aromatic heterocycles. The van der Waals surface area contributed by atoms with Gasteiger partial charge in [0.05, 0.1) is 18.1 Å². The summed E-state index contributed by atoms with van der Waals surface area (Å²) in [5.74, 6) is -0.878. The number of carbonyl (C=O) groups is 2. The summed E-state index contributed by atoms with van der Waals surface area (Å²) in [6.07, 6.45) is 0.000574. The van der Waals surface area contributed by atoms with Gasteiger partial charge < -0.3 is 14.7 Å². The van der Waals surface area contributed by atoms with Crippen LogP contribution in [0.3, 0.4) is 0 Å². The average molecular weight is 356 g/mol. The van der Waals surface area contributed by atoms with Crippen LogP contribution in [-0.4, -0.2) is 51.2 Å². The molecule has 9 heteroatoms. The van der Waals surface area contributed by atoms with Gasteiger partial charge in [-0.25, -0.2) is 8.42 Å². The molecule has 0 spiro atoms. The van der Waals surface area contributed by atoms with Crippen molar-refractivity contribution in [3.05, 3.63) is 24.3 Å². The first-order chi connectivity index (χ1) is 11.3. The van der Waals surface area contributed by atoms with Crippen LogP contribution in [0, 0.1) is 0 Å². The monoisotopic (exact) mass is 356 g/mol. The number of carbonyl (C=O) groups excluding carboxylic acids is 2. The molecule has 2 rings (SSSR count). The molecule has 0 bridgehead atoms. The second kappa shape index (κ2) is 7.29. The number of hydrogen-bond acceptors (Lipinski definition) is 6. The maximum atomic E-state index is 12.4. The normalized spacial score (nSPS) is 17.6. The van der Waals surface area contributed by atoms with Gasteiger partial charge in [-0.2, -0.15) is 4.72 Å². The van der Waals surface area contributed by atoms with Crippen molar-refractivity contribution in [2.45, 2.75) is 36.8 Å². The van der Waals surface area contributed by atoms with Crippen LogP contribution in [0.25, 0.3) is 0 Å². The SMILES string of the molecule is COC(=O)[C@@H](NS(=O)(=O)c1ccc(N2CCCC2=O)cc1)[C@H](C)O. The van der Waals surface area contributed by atoms with Crippen LogP contribution in [0.1, 0.15) is 19.8 Å². The van der Waals surface area contributed by atoms with Crippen LogP contribution in [0.4, 0.5) is 5.69 Å². The molecule has 1 aliphatic rings. The van der Waals surface area contributed by atoms with Crippen LogP contribution in [0.2, 0.25) is 0 Å². The summed E-state index contributed by atoms with van der Waals surface area (Å²) in [6.45, 7) is 1.89. The molecule has 1 aromatic rings. The predicted molar refractivity (Wildman–Crippen MR) is 85.8 cm³/mol. The van der Waals surface area contributed by atoms with Crippen molar-refractivity contribution in [2.75, 3.05) is 18.6 Å². The zero-order valence-electron chi connectivity index (χ0n) is 13.4. The molecule has 8 nitrogen and oxygen atoms in total. The van der Waals surface area contributed by atoms with E-state index < -0.39 is 28.1 Å². The Morgan fingerprint density at radius 1 is 1.33 bits per heavy atom. The number of methoxy groups -OCH3 is 1. The van der Waals surface area contributed by atoms with Gasteiger partial charge in [-0.3, -0.25) is 9.59 Å². The fraction of sp³-hybridized carbons (Fsp3) is 0.467. The number of sulfonamides is 1. The molecule has 0 unspecified atom stereocenters. The van der Waals surface area contributed by atoms with Gasteiger partial charge in [0.25, 0.3) is 0 Å². The summed E-state index contributed by atoms with van der Waals surface area (Å²) < 4.78 is 31.3. The third kappa shape index (κ3) is 3.92. The highest BCUT2D eigenvalue weighted by Gasteiger charge is 2.30. The second-order valence-electron chi connectivity index (χ2n) is 5.51. The van der Waals surface area contributed by atoms with E-state index in [0.717, 1.165) is 13.5 Å². The zero-order chi connectivity index (χ0) is 17.9. The van der Waals surface area contributed by atoms with E-state index >= 15 is 0 Å². The summed E-state index contributed by atoms with van der Waals surface area (Å²) in [4.78, 5) is 24.8. The van der Waals surface area contributed by atoms with E-state index in [4.69, 9.17) is 0 Å². The molecule has 1 heterocycles. The van der Waals surface area contributed by atoms with Crippen molar-refractivity contribution in [1.29, 1.82) is 0 Å². The van der Waals surface area contributed by atoms with Crippen molar-refractivity contribution in [3.8, 4) is 0 Å². The van der Waals surface area contributed by atoms with E-state index in [-0.39, 0.29) is 10.8 Å². The summed E-state index contributed by atoms with van der Waals surface area (Å²) in [6, 6.07) is 4.36. The van der Waals surface area contributed by atoms with Gasteiger partial charge >= 0.3 is 5.97 Å². The fourth-order valence-electron chi connectivity index (χ4n) is 2.43. The van der Waals surface area contributed by atoms with Crippen LogP contribution < -0.4 is 9.62 Å². The highest BCUT2D eigenvalue weighted by atomic mass is 32.2. The minimum absolute atomic E-state index is 0.00333. The predicted octanol–water partition coefficient (Wildman–Crippen LogP) is 0.0141. The quantitative estimate of drug-likeness (QED) is 0.695. The Morgan fingerprint density at radius 3 is 2.42 bits per heavy atom. The molecule has 0 saturated carbocycles. The fourth-order valence-corrected chi connectivity index (χ4v) is 3.69. The molecule has 132 valence electrons. The number of nitrogens with one attached hydrogen (secondary N) is 1. The van der Waals surface area contributed by atoms with Gasteiger partial charge in [0.2, 0.25) is 15.9 Å². The first-order valence-corrected chi connectivity index (χ1v) is 8.93. The second-order valence-corrected chi connectivity index (χ2v) is 7.22. The van der Waals surface area contributed by atoms with Gasteiger partial charge in [0, 0.05) is 18.7 Å². The summed E-state index contributed by atoms with van der Waals surface area (Å²) in [5.41, 5.74) is 0.622. The Morgan fingerprint density at radius 2 is 1.96 bits per heavy atom. The van der Waals surface area contributed by atoms with Gasteiger partial charge in [-0.05, 0) is 37.6 Å². The summed E-state index contributed by atoms with van der Waals surface area (Å²) in [5, 5.41) is 9.57. The summed E-state index contributed by atoms with van der Waals surface area (Å²) >= 11 is 0. The largest absolute Gasteiger partial charge is 0.468 e. The summed E-state index contributed by atoms with van der Waals surface area (Å²) in [7, 11) is -2.92. The standard InChI is InChI=1S/C15H20N2O6S/c1-10(18)14(15(20)23-2)16-24(21,22)12-7-5-11(6-8-12)17-9-3-4-13(17)19/h5-8,10,14,16,18H,3-4,9H2,1-2H3/t10-,14-/m0/s1. The number of aliphatic hydroxyl groups excluding tert-OH is 1. The molecule has 1 aliphatic heterocycles. The minimum Gasteiger partial charge on any atom is -0.468 e. The van der Waals surface area contributed by atoms with E-state index in [2.05, 4.69) is 9.46 Å². The van der Waals surface area contributed by atoms with Crippen LogP contribution >= 0.6 is 0 Å². The van der Waals surface area contributed by atoms with Gasteiger partial charge in [0.15, 0.2) is 0 Å². The molecular weight excluding hydrogens is 336 g/mol.